The zero-order chi connectivity index (χ0) is 45.1. The zero-order valence-electron chi connectivity index (χ0n) is 40.1. The van der Waals surface area contributed by atoms with Crippen LogP contribution in [0.3, 0.4) is 0 Å². The molecular weight excluding hydrogens is 769 g/mol. The molecular formula is C56H92O6. The van der Waals surface area contributed by atoms with Gasteiger partial charge < -0.3 is 14.2 Å². The van der Waals surface area contributed by atoms with Gasteiger partial charge in [0.2, 0.25) is 0 Å². The number of unbranched alkanes of at least 4 members (excludes halogenated alkanes) is 19. The van der Waals surface area contributed by atoms with Crippen LogP contribution in [0, 0.1) is 0 Å². The van der Waals surface area contributed by atoms with E-state index in [1.54, 1.807) is 6.08 Å². The monoisotopic (exact) mass is 861 g/mol. The van der Waals surface area contributed by atoms with E-state index in [0.717, 1.165) is 89.9 Å². The third kappa shape index (κ3) is 47.4. The number of hydrogen-bond donors (Lipinski definition) is 0. The number of carbonyl (C=O) groups excluding carboxylic acids is 3. The van der Waals surface area contributed by atoms with E-state index in [1.165, 1.54) is 89.9 Å². The SMILES string of the molecule is CC/C=C\C/C=C\C/C=C\CCCCCCCCC(=O)OC(COC(=O)C/C=C\C/C=C\C/C=C\CC)COC(=O)CCCCCCCCCCCC/C=C\C=C/CCCCC. The summed E-state index contributed by atoms with van der Waals surface area (Å²) < 4.78 is 16.6. The molecule has 0 aromatic carbocycles. The predicted molar refractivity (Wildman–Crippen MR) is 265 cm³/mol. The van der Waals surface area contributed by atoms with Gasteiger partial charge in [0.1, 0.15) is 13.2 Å². The Labute approximate surface area is 381 Å². The summed E-state index contributed by atoms with van der Waals surface area (Å²) in [7, 11) is 0. The molecule has 0 saturated heterocycles. The van der Waals surface area contributed by atoms with Crippen molar-refractivity contribution in [1.82, 2.24) is 0 Å². The molecule has 0 radical (unpaired) electrons. The van der Waals surface area contributed by atoms with E-state index in [2.05, 4.69) is 106 Å². The molecule has 1 atom stereocenters. The third-order valence-corrected chi connectivity index (χ3v) is 10.4. The van der Waals surface area contributed by atoms with Crippen LogP contribution in [-0.4, -0.2) is 37.2 Å². The Morgan fingerprint density at radius 3 is 1.23 bits per heavy atom. The van der Waals surface area contributed by atoms with Crippen molar-refractivity contribution in [3.63, 3.8) is 0 Å². The molecule has 352 valence electrons. The van der Waals surface area contributed by atoms with Crippen molar-refractivity contribution in [2.45, 2.75) is 226 Å². The van der Waals surface area contributed by atoms with Crippen molar-refractivity contribution in [1.29, 1.82) is 0 Å². The van der Waals surface area contributed by atoms with E-state index in [1.807, 2.05) is 6.08 Å². The molecule has 6 nitrogen and oxygen atoms in total. The number of esters is 3. The normalized spacial score (nSPS) is 12.9. The Balaban J connectivity index is 4.39. The first-order valence-electron chi connectivity index (χ1n) is 25.3. The zero-order valence-corrected chi connectivity index (χ0v) is 40.1. The minimum Gasteiger partial charge on any atom is -0.462 e. The number of rotatable bonds is 44. The van der Waals surface area contributed by atoms with Gasteiger partial charge in [-0.05, 0) is 89.9 Å². The number of allylic oxidation sites excluding steroid dienone is 15. The molecule has 0 aliphatic carbocycles. The van der Waals surface area contributed by atoms with Gasteiger partial charge in [0.15, 0.2) is 6.10 Å². The maximum absolute atomic E-state index is 12.8. The number of hydrogen-bond acceptors (Lipinski definition) is 6. The van der Waals surface area contributed by atoms with Crippen LogP contribution >= 0.6 is 0 Å². The highest BCUT2D eigenvalue weighted by molar-refractivity contribution is 5.72. The molecule has 62 heavy (non-hydrogen) atoms. The number of carbonyl (C=O) groups is 3. The van der Waals surface area contributed by atoms with Crippen LogP contribution in [0.4, 0.5) is 0 Å². The predicted octanol–water partition coefficient (Wildman–Crippen LogP) is 16.6. The molecule has 0 heterocycles. The highest BCUT2D eigenvalue weighted by Gasteiger charge is 2.19. The molecule has 0 aliphatic heterocycles. The Bertz CT molecular complexity index is 1260. The quantitative estimate of drug-likeness (QED) is 0.0200. The summed E-state index contributed by atoms with van der Waals surface area (Å²) in [6.07, 6.45) is 65.7. The lowest BCUT2D eigenvalue weighted by Gasteiger charge is -2.18. The van der Waals surface area contributed by atoms with Crippen molar-refractivity contribution in [2.24, 2.45) is 0 Å². The summed E-state index contributed by atoms with van der Waals surface area (Å²) in [6.45, 7) is 6.26. The lowest BCUT2D eigenvalue weighted by atomic mass is 10.1. The van der Waals surface area contributed by atoms with E-state index >= 15 is 0 Å². The fourth-order valence-electron chi connectivity index (χ4n) is 6.62. The van der Waals surface area contributed by atoms with Gasteiger partial charge in [0.05, 0.1) is 6.42 Å². The summed E-state index contributed by atoms with van der Waals surface area (Å²) in [6, 6.07) is 0. The van der Waals surface area contributed by atoms with Crippen molar-refractivity contribution >= 4 is 17.9 Å². The standard InChI is InChI=1S/C56H92O6/c1-4-7-10-13-16-19-21-23-25-27-28-29-31-32-34-37-40-43-46-49-55(58)61-52-53(51-60-54(57)48-45-42-39-36-18-15-12-9-6-3)62-56(59)50-47-44-41-38-35-33-30-26-24-22-20-17-14-11-8-5-2/h8-9,11-12,16-21,23-24,26,36,42,45,53H,4-7,10,13-15,22,25,27-35,37-41,43-44,46-52H2,1-3H3/b11-8-,12-9-,19-16-,20-17-,23-21-,26-24-,36-18-,45-42-. The number of ether oxygens (including phenoxy) is 3. The molecule has 0 aromatic heterocycles. The fraction of sp³-hybridized carbons (Fsp3) is 0.661. The van der Waals surface area contributed by atoms with Crippen LogP contribution in [0.1, 0.15) is 220 Å². The van der Waals surface area contributed by atoms with Crippen LogP contribution in [0.2, 0.25) is 0 Å². The van der Waals surface area contributed by atoms with Gasteiger partial charge in [-0.1, -0.05) is 208 Å². The second-order valence-electron chi connectivity index (χ2n) is 16.4. The van der Waals surface area contributed by atoms with Crippen LogP contribution in [0.5, 0.6) is 0 Å². The minimum absolute atomic E-state index is 0.113. The van der Waals surface area contributed by atoms with Gasteiger partial charge in [0.25, 0.3) is 0 Å². The molecule has 0 aliphatic rings. The molecule has 0 amide bonds. The molecule has 0 N–H and O–H groups in total. The molecule has 0 bridgehead atoms. The third-order valence-electron chi connectivity index (χ3n) is 10.4. The molecule has 1 unspecified atom stereocenters. The largest absolute Gasteiger partial charge is 0.462 e. The summed E-state index contributed by atoms with van der Waals surface area (Å²) in [5.74, 6) is -1.06. The van der Waals surface area contributed by atoms with Crippen LogP contribution < -0.4 is 0 Å². The van der Waals surface area contributed by atoms with E-state index < -0.39 is 12.1 Å². The lowest BCUT2D eigenvalue weighted by Crippen LogP contribution is -2.30. The molecule has 0 aromatic rings. The topological polar surface area (TPSA) is 78.9 Å². The van der Waals surface area contributed by atoms with Crippen LogP contribution in [0.15, 0.2) is 97.2 Å². The molecule has 0 fully saturated rings. The highest BCUT2D eigenvalue weighted by atomic mass is 16.6. The Hall–Kier alpha value is -3.67. The maximum atomic E-state index is 12.8. The Morgan fingerprint density at radius 2 is 0.742 bits per heavy atom. The van der Waals surface area contributed by atoms with E-state index in [0.29, 0.717) is 12.8 Å². The Kier molecular flexibility index (Phi) is 47.0. The fourth-order valence-corrected chi connectivity index (χ4v) is 6.62. The molecule has 0 saturated carbocycles. The minimum atomic E-state index is -0.821. The summed E-state index contributed by atoms with van der Waals surface area (Å²) >= 11 is 0. The summed E-state index contributed by atoms with van der Waals surface area (Å²) in [4.78, 5) is 37.8. The lowest BCUT2D eigenvalue weighted by molar-refractivity contribution is -0.166. The van der Waals surface area contributed by atoms with Gasteiger partial charge in [-0.25, -0.2) is 0 Å². The van der Waals surface area contributed by atoms with E-state index in [-0.39, 0.29) is 31.6 Å². The highest BCUT2D eigenvalue weighted by Crippen LogP contribution is 2.14. The van der Waals surface area contributed by atoms with Crippen molar-refractivity contribution < 1.29 is 28.6 Å². The average Bonchev–Trinajstić information content (AvgIpc) is 3.27. The first-order valence-corrected chi connectivity index (χ1v) is 25.3. The second kappa shape index (κ2) is 50.0. The van der Waals surface area contributed by atoms with Crippen LogP contribution in [-0.2, 0) is 28.6 Å². The molecule has 6 heteroatoms. The van der Waals surface area contributed by atoms with Gasteiger partial charge in [-0.15, -0.1) is 0 Å². The van der Waals surface area contributed by atoms with E-state index in [9.17, 15) is 14.4 Å². The van der Waals surface area contributed by atoms with Crippen molar-refractivity contribution in [2.75, 3.05) is 13.2 Å². The first kappa shape index (κ1) is 58.3. The Morgan fingerprint density at radius 1 is 0.371 bits per heavy atom. The smallest absolute Gasteiger partial charge is 0.309 e. The van der Waals surface area contributed by atoms with E-state index in [4.69, 9.17) is 14.2 Å². The summed E-state index contributed by atoms with van der Waals surface area (Å²) in [5.41, 5.74) is 0. The second-order valence-corrected chi connectivity index (χ2v) is 16.4. The summed E-state index contributed by atoms with van der Waals surface area (Å²) in [5, 5.41) is 0. The van der Waals surface area contributed by atoms with Gasteiger partial charge in [-0.2, -0.15) is 0 Å². The first-order chi connectivity index (χ1) is 30.5. The van der Waals surface area contributed by atoms with Gasteiger partial charge >= 0.3 is 17.9 Å². The van der Waals surface area contributed by atoms with Gasteiger partial charge in [0, 0.05) is 12.8 Å². The maximum Gasteiger partial charge on any atom is 0.309 e. The van der Waals surface area contributed by atoms with Gasteiger partial charge in [-0.3, -0.25) is 14.4 Å². The molecule has 0 rings (SSSR count). The average molecular weight is 861 g/mol. The van der Waals surface area contributed by atoms with Crippen molar-refractivity contribution in [3.05, 3.63) is 97.2 Å². The van der Waals surface area contributed by atoms with Crippen LogP contribution in [0.25, 0.3) is 0 Å². The van der Waals surface area contributed by atoms with Crippen molar-refractivity contribution in [3.8, 4) is 0 Å². The molecule has 0 spiro atoms.